The molecular formula is C19H18ClN3O3. The van der Waals surface area contributed by atoms with Crippen molar-refractivity contribution in [3.8, 4) is 11.3 Å². The van der Waals surface area contributed by atoms with Gasteiger partial charge in [-0.15, -0.1) is 0 Å². The van der Waals surface area contributed by atoms with Crippen molar-refractivity contribution >= 4 is 23.0 Å². The zero-order chi connectivity index (χ0) is 18.4. The van der Waals surface area contributed by atoms with Gasteiger partial charge in [-0.25, -0.2) is 0 Å². The van der Waals surface area contributed by atoms with Gasteiger partial charge in [0.15, 0.2) is 0 Å². The van der Waals surface area contributed by atoms with Crippen LogP contribution in [0.5, 0.6) is 0 Å². The van der Waals surface area contributed by atoms with Crippen LogP contribution >= 0.6 is 11.6 Å². The summed E-state index contributed by atoms with van der Waals surface area (Å²) in [7, 11) is 0. The summed E-state index contributed by atoms with van der Waals surface area (Å²) in [4.78, 5) is 10.2. The number of nitro groups is 1. The molecule has 0 aliphatic carbocycles. The Kier molecular flexibility index (Phi) is 5.88. The Hall–Kier alpha value is -2.83. The number of hydrogen-bond donors (Lipinski definition) is 2. The average Bonchev–Trinajstić information content (AvgIpc) is 3.11. The molecule has 3 rings (SSSR count). The first-order valence-electron chi connectivity index (χ1n) is 8.15. The first-order valence-corrected chi connectivity index (χ1v) is 8.53. The third-order valence-electron chi connectivity index (χ3n) is 3.80. The highest BCUT2D eigenvalue weighted by atomic mass is 35.5. The second-order valence-electron chi connectivity index (χ2n) is 5.68. The highest BCUT2D eigenvalue weighted by Gasteiger charge is 2.05. The largest absolute Gasteiger partial charge is 0.460 e. The van der Waals surface area contributed by atoms with Crippen LogP contribution in [0.3, 0.4) is 0 Å². The molecule has 1 heterocycles. The maximum atomic E-state index is 10.6. The van der Waals surface area contributed by atoms with E-state index in [1.807, 2.05) is 36.4 Å². The Morgan fingerprint density at radius 3 is 2.38 bits per heavy atom. The van der Waals surface area contributed by atoms with Crippen LogP contribution in [-0.4, -0.2) is 18.0 Å². The molecule has 0 aliphatic heterocycles. The van der Waals surface area contributed by atoms with Gasteiger partial charge in [0.1, 0.15) is 11.5 Å². The van der Waals surface area contributed by atoms with Crippen molar-refractivity contribution in [3.63, 3.8) is 0 Å². The molecule has 0 radical (unpaired) electrons. The highest BCUT2D eigenvalue weighted by Crippen LogP contribution is 2.23. The summed E-state index contributed by atoms with van der Waals surface area (Å²) in [6, 6.07) is 17.8. The van der Waals surface area contributed by atoms with Crippen LogP contribution in [0.1, 0.15) is 5.76 Å². The van der Waals surface area contributed by atoms with Gasteiger partial charge >= 0.3 is 0 Å². The van der Waals surface area contributed by atoms with Crippen LogP contribution in [0.4, 0.5) is 11.4 Å². The summed E-state index contributed by atoms with van der Waals surface area (Å²) < 4.78 is 5.82. The molecule has 6 nitrogen and oxygen atoms in total. The summed E-state index contributed by atoms with van der Waals surface area (Å²) in [5.74, 6) is 1.66. The zero-order valence-corrected chi connectivity index (χ0v) is 14.7. The van der Waals surface area contributed by atoms with Gasteiger partial charge < -0.3 is 15.1 Å². The molecule has 0 saturated heterocycles. The maximum Gasteiger partial charge on any atom is 0.269 e. The molecular weight excluding hydrogens is 354 g/mol. The van der Waals surface area contributed by atoms with E-state index in [4.69, 9.17) is 16.0 Å². The van der Waals surface area contributed by atoms with E-state index in [9.17, 15) is 10.1 Å². The van der Waals surface area contributed by atoms with Gasteiger partial charge in [-0.1, -0.05) is 11.6 Å². The minimum Gasteiger partial charge on any atom is -0.460 e. The second-order valence-corrected chi connectivity index (χ2v) is 6.12. The molecule has 0 unspecified atom stereocenters. The summed E-state index contributed by atoms with van der Waals surface area (Å²) in [6.07, 6.45) is 0. The molecule has 0 atom stereocenters. The lowest BCUT2D eigenvalue weighted by Crippen LogP contribution is -2.21. The Morgan fingerprint density at radius 2 is 1.69 bits per heavy atom. The van der Waals surface area contributed by atoms with Crippen LogP contribution in [0.25, 0.3) is 11.3 Å². The molecule has 2 aromatic carbocycles. The minimum atomic E-state index is -0.410. The van der Waals surface area contributed by atoms with Gasteiger partial charge in [-0.05, 0) is 48.5 Å². The SMILES string of the molecule is O=[N+]([O-])c1ccc(NCCNCc2ccc(-c3ccc(Cl)cc3)o2)cc1. The Balaban J connectivity index is 1.41. The fourth-order valence-corrected chi connectivity index (χ4v) is 2.58. The molecule has 0 spiro atoms. The molecule has 26 heavy (non-hydrogen) atoms. The highest BCUT2D eigenvalue weighted by molar-refractivity contribution is 6.30. The van der Waals surface area contributed by atoms with Crippen molar-refractivity contribution in [2.75, 3.05) is 18.4 Å². The molecule has 7 heteroatoms. The fourth-order valence-electron chi connectivity index (χ4n) is 2.45. The van der Waals surface area contributed by atoms with Gasteiger partial charge in [0.2, 0.25) is 0 Å². The molecule has 0 aliphatic rings. The Labute approximate surface area is 155 Å². The summed E-state index contributed by atoms with van der Waals surface area (Å²) in [5, 5.41) is 17.8. The van der Waals surface area contributed by atoms with E-state index >= 15 is 0 Å². The Bertz CT molecular complexity index is 860. The Morgan fingerprint density at radius 1 is 0.962 bits per heavy atom. The first kappa shape index (κ1) is 18.0. The monoisotopic (exact) mass is 371 g/mol. The van der Waals surface area contributed by atoms with E-state index < -0.39 is 4.92 Å². The van der Waals surface area contributed by atoms with Gasteiger partial charge in [-0.3, -0.25) is 10.1 Å². The summed E-state index contributed by atoms with van der Waals surface area (Å²) >= 11 is 5.89. The van der Waals surface area contributed by atoms with Gasteiger partial charge in [-0.2, -0.15) is 0 Å². The van der Waals surface area contributed by atoms with Crippen molar-refractivity contribution in [2.45, 2.75) is 6.54 Å². The van der Waals surface area contributed by atoms with E-state index in [1.54, 1.807) is 12.1 Å². The average molecular weight is 372 g/mol. The number of anilines is 1. The van der Waals surface area contributed by atoms with Crippen molar-refractivity contribution in [3.05, 3.63) is 81.6 Å². The summed E-state index contributed by atoms with van der Waals surface area (Å²) in [5.41, 5.74) is 1.92. The number of furan rings is 1. The van der Waals surface area contributed by atoms with Crippen LogP contribution in [0.15, 0.2) is 65.1 Å². The van der Waals surface area contributed by atoms with E-state index in [0.29, 0.717) is 18.1 Å². The molecule has 0 bridgehead atoms. The fraction of sp³-hybridized carbons (Fsp3) is 0.158. The van der Waals surface area contributed by atoms with Crippen molar-refractivity contribution in [1.82, 2.24) is 5.32 Å². The molecule has 0 amide bonds. The molecule has 134 valence electrons. The van der Waals surface area contributed by atoms with Gasteiger partial charge in [0.25, 0.3) is 5.69 Å². The van der Waals surface area contributed by atoms with Crippen molar-refractivity contribution < 1.29 is 9.34 Å². The predicted molar refractivity (Wildman–Crippen MR) is 102 cm³/mol. The lowest BCUT2D eigenvalue weighted by Gasteiger charge is -2.07. The summed E-state index contributed by atoms with van der Waals surface area (Å²) in [6.45, 7) is 2.05. The van der Waals surface area contributed by atoms with Gasteiger partial charge in [0, 0.05) is 41.5 Å². The lowest BCUT2D eigenvalue weighted by atomic mass is 10.2. The van der Waals surface area contributed by atoms with Crippen molar-refractivity contribution in [1.29, 1.82) is 0 Å². The number of halogens is 1. The minimum absolute atomic E-state index is 0.0861. The molecule has 0 saturated carbocycles. The number of hydrogen-bond acceptors (Lipinski definition) is 5. The van der Waals surface area contributed by atoms with E-state index in [-0.39, 0.29) is 5.69 Å². The number of nitrogens with zero attached hydrogens (tertiary/aromatic N) is 1. The quantitative estimate of drug-likeness (QED) is 0.340. The zero-order valence-electron chi connectivity index (χ0n) is 13.9. The number of benzene rings is 2. The molecule has 1 aromatic heterocycles. The number of nitrogens with one attached hydrogen (secondary N) is 2. The van der Waals surface area contributed by atoms with Crippen LogP contribution in [0.2, 0.25) is 5.02 Å². The standard InChI is InChI=1S/C19H18ClN3O3/c20-15-3-1-14(2-4-15)19-10-9-18(26-19)13-21-11-12-22-16-5-7-17(8-6-16)23(24)25/h1-10,21-22H,11-13H2. The van der Waals surface area contributed by atoms with Crippen molar-refractivity contribution in [2.24, 2.45) is 0 Å². The topological polar surface area (TPSA) is 80.3 Å². The molecule has 3 aromatic rings. The number of nitro benzene ring substituents is 1. The number of rotatable bonds is 8. The lowest BCUT2D eigenvalue weighted by molar-refractivity contribution is -0.384. The third-order valence-corrected chi connectivity index (χ3v) is 4.05. The normalized spacial score (nSPS) is 10.7. The van der Waals surface area contributed by atoms with Crippen LogP contribution in [-0.2, 0) is 6.54 Å². The van der Waals surface area contributed by atoms with Gasteiger partial charge in [0.05, 0.1) is 11.5 Å². The third kappa shape index (κ3) is 4.84. The van der Waals surface area contributed by atoms with Crippen LogP contribution < -0.4 is 10.6 Å². The van der Waals surface area contributed by atoms with E-state index in [2.05, 4.69) is 10.6 Å². The molecule has 0 fully saturated rings. The van der Waals surface area contributed by atoms with E-state index in [0.717, 1.165) is 29.3 Å². The van der Waals surface area contributed by atoms with Crippen LogP contribution in [0, 0.1) is 10.1 Å². The van der Waals surface area contributed by atoms with E-state index in [1.165, 1.54) is 12.1 Å². The maximum absolute atomic E-state index is 10.6. The first-order chi connectivity index (χ1) is 12.6. The smallest absolute Gasteiger partial charge is 0.269 e. The number of non-ortho nitro benzene ring substituents is 1. The predicted octanol–water partition coefficient (Wildman–Crippen LogP) is 4.71. The second kappa shape index (κ2) is 8.51. The molecule has 2 N–H and O–H groups in total.